The maximum absolute atomic E-state index is 11.6. The Bertz CT molecular complexity index is 223. The minimum absolute atomic E-state index is 0.421. The van der Waals surface area contributed by atoms with E-state index in [9.17, 15) is 17.7 Å². The maximum atomic E-state index is 11.6. The van der Waals surface area contributed by atoms with Crippen molar-refractivity contribution in [2.45, 2.75) is 9.85 Å². The smallest absolute Gasteiger partial charge is 0.580 e. The zero-order valence-electron chi connectivity index (χ0n) is 4.75. The summed E-state index contributed by atoms with van der Waals surface area (Å²) in [5.41, 5.74) is -4.76. The highest BCUT2D eigenvalue weighted by molar-refractivity contribution is 7.94. The molecule has 1 rings (SSSR count). The summed E-state index contributed by atoms with van der Waals surface area (Å²) in [6.45, 7) is 0. The van der Waals surface area contributed by atoms with Crippen LogP contribution in [0, 0.1) is 6.33 Å². The lowest BCUT2D eigenvalue weighted by molar-refractivity contribution is -0.0435. The number of hydrogen-bond acceptors (Lipinski definition) is 4. The van der Waals surface area contributed by atoms with E-state index in [1.54, 1.807) is 0 Å². The second-order valence-corrected chi connectivity index (χ2v) is 3.77. The zero-order chi connectivity index (χ0) is 8.48. The quantitative estimate of drug-likeness (QED) is 0.636. The molecular formula is C3F3N2OS2. The first-order valence-electron chi connectivity index (χ1n) is 2.20. The van der Waals surface area contributed by atoms with Crippen molar-refractivity contribution in [2.24, 2.45) is 0 Å². The zero-order valence-corrected chi connectivity index (χ0v) is 6.39. The van der Waals surface area contributed by atoms with Crippen molar-refractivity contribution in [1.29, 1.82) is 0 Å². The van der Waals surface area contributed by atoms with E-state index in [1.807, 2.05) is 6.33 Å². The van der Waals surface area contributed by atoms with Gasteiger partial charge in [0.1, 0.15) is 11.2 Å². The first kappa shape index (κ1) is 8.75. The monoisotopic (exact) mass is 201 g/mol. The number of nitrogens with zero attached hydrogens (tertiary/aromatic N) is 2. The average Bonchev–Trinajstić information content (AvgIpc) is 2.34. The molecule has 61 valence electrons. The van der Waals surface area contributed by atoms with Crippen LogP contribution in [-0.4, -0.2) is 19.4 Å². The van der Waals surface area contributed by atoms with Gasteiger partial charge < -0.3 is 4.55 Å². The molecule has 0 aromatic carbocycles. The molecule has 0 aliphatic rings. The Morgan fingerprint density at radius 1 is 1.55 bits per heavy atom. The lowest BCUT2D eigenvalue weighted by Gasteiger charge is -2.06. The minimum Gasteiger partial charge on any atom is -0.602 e. The van der Waals surface area contributed by atoms with Crippen molar-refractivity contribution in [3.63, 3.8) is 0 Å². The lowest BCUT2D eigenvalue weighted by Crippen LogP contribution is -2.22. The van der Waals surface area contributed by atoms with Gasteiger partial charge in [-0.05, 0) is 0 Å². The van der Waals surface area contributed by atoms with Gasteiger partial charge >= 0.3 is 9.85 Å². The SMILES string of the molecule is [O-][S+](c1n[c]ns1)C(F)(F)F. The predicted octanol–water partition coefficient (Wildman–Crippen LogP) is 0.966. The van der Waals surface area contributed by atoms with Crippen LogP contribution in [0.3, 0.4) is 0 Å². The molecule has 1 aromatic rings. The highest BCUT2D eigenvalue weighted by Crippen LogP contribution is 2.29. The molecule has 0 saturated carbocycles. The molecule has 0 N–H and O–H groups in total. The van der Waals surface area contributed by atoms with Gasteiger partial charge in [-0.1, -0.05) is 0 Å². The molecule has 1 heterocycles. The number of rotatable bonds is 1. The summed E-state index contributed by atoms with van der Waals surface area (Å²) in [5, 5.41) is 0. The molecule has 1 atom stereocenters. The molecule has 1 radical (unpaired) electrons. The maximum Gasteiger partial charge on any atom is 0.580 e. The number of alkyl halides is 3. The van der Waals surface area contributed by atoms with E-state index in [2.05, 4.69) is 9.36 Å². The van der Waals surface area contributed by atoms with Crippen molar-refractivity contribution in [3.05, 3.63) is 6.33 Å². The van der Waals surface area contributed by atoms with E-state index < -0.39 is 21.0 Å². The molecule has 1 unspecified atom stereocenters. The molecule has 0 aliphatic carbocycles. The van der Waals surface area contributed by atoms with E-state index >= 15 is 0 Å². The summed E-state index contributed by atoms with van der Waals surface area (Å²) in [7, 11) is 0. The van der Waals surface area contributed by atoms with Crippen LogP contribution < -0.4 is 0 Å². The highest BCUT2D eigenvalue weighted by atomic mass is 32.2. The summed E-state index contributed by atoms with van der Waals surface area (Å²) in [4.78, 5) is 3.04. The van der Waals surface area contributed by atoms with E-state index in [0.29, 0.717) is 11.5 Å². The largest absolute Gasteiger partial charge is 0.602 e. The van der Waals surface area contributed by atoms with Crippen molar-refractivity contribution in [2.75, 3.05) is 0 Å². The highest BCUT2D eigenvalue weighted by Gasteiger charge is 2.48. The van der Waals surface area contributed by atoms with Crippen molar-refractivity contribution < 1.29 is 17.7 Å². The fourth-order valence-corrected chi connectivity index (χ4v) is 1.54. The molecule has 0 aliphatic heterocycles. The molecule has 0 saturated heterocycles. The van der Waals surface area contributed by atoms with E-state index in [1.165, 1.54) is 0 Å². The molecule has 1 aromatic heterocycles. The lowest BCUT2D eigenvalue weighted by atomic mass is 11.3. The van der Waals surface area contributed by atoms with Crippen LogP contribution in [0.25, 0.3) is 0 Å². The van der Waals surface area contributed by atoms with Crippen LogP contribution in [0.1, 0.15) is 0 Å². The Morgan fingerprint density at radius 2 is 2.18 bits per heavy atom. The fraction of sp³-hybridized carbons (Fsp3) is 0.333. The topological polar surface area (TPSA) is 48.8 Å². The Kier molecular flexibility index (Phi) is 2.35. The van der Waals surface area contributed by atoms with Crippen LogP contribution >= 0.6 is 11.5 Å². The van der Waals surface area contributed by atoms with E-state index in [-0.39, 0.29) is 0 Å². The van der Waals surface area contributed by atoms with E-state index in [4.69, 9.17) is 0 Å². The molecule has 8 heteroatoms. The van der Waals surface area contributed by atoms with Crippen molar-refractivity contribution in [3.8, 4) is 0 Å². The molecule has 0 spiro atoms. The van der Waals surface area contributed by atoms with Gasteiger partial charge in [0.05, 0.1) is 0 Å². The number of hydrogen-bond donors (Lipinski definition) is 0. The summed E-state index contributed by atoms with van der Waals surface area (Å²) in [5.74, 6) is 0. The Balaban J connectivity index is 2.78. The van der Waals surface area contributed by atoms with Crippen LogP contribution in [-0.2, 0) is 11.2 Å². The van der Waals surface area contributed by atoms with Crippen LogP contribution in [0.2, 0.25) is 0 Å². The number of halogens is 3. The van der Waals surface area contributed by atoms with Crippen LogP contribution in [0.4, 0.5) is 13.2 Å². The van der Waals surface area contributed by atoms with Crippen LogP contribution in [0.5, 0.6) is 0 Å². The normalized spacial score (nSPS) is 14.9. The molecule has 11 heavy (non-hydrogen) atoms. The van der Waals surface area contributed by atoms with Gasteiger partial charge in [0.25, 0.3) is 0 Å². The van der Waals surface area contributed by atoms with Gasteiger partial charge in [-0.25, -0.2) is 0 Å². The van der Waals surface area contributed by atoms with Gasteiger partial charge in [0, 0.05) is 11.5 Å². The first-order chi connectivity index (χ1) is 5.02. The van der Waals surface area contributed by atoms with Gasteiger partial charge in [-0.15, -0.1) is 13.2 Å². The van der Waals surface area contributed by atoms with Gasteiger partial charge in [-0.3, -0.25) is 0 Å². The van der Waals surface area contributed by atoms with Crippen molar-refractivity contribution in [1.82, 2.24) is 9.36 Å². The Hall–Kier alpha value is -0.340. The summed E-state index contributed by atoms with van der Waals surface area (Å²) in [6, 6.07) is 0. The third-order valence-electron chi connectivity index (χ3n) is 0.675. The standard InChI is InChI=1S/C3F3N2OS2/c4-3(5,6)11(9)2-7-1-8-10-2. The summed E-state index contributed by atoms with van der Waals surface area (Å²) in [6.07, 6.45) is 1.91. The third-order valence-corrected chi connectivity index (χ3v) is 2.60. The minimum atomic E-state index is -4.76. The third kappa shape index (κ3) is 2.04. The van der Waals surface area contributed by atoms with Gasteiger partial charge in [0.15, 0.2) is 0 Å². The van der Waals surface area contributed by atoms with Crippen LogP contribution in [0.15, 0.2) is 4.34 Å². The Morgan fingerprint density at radius 3 is 2.55 bits per heavy atom. The fourth-order valence-electron chi connectivity index (χ4n) is 0.315. The summed E-state index contributed by atoms with van der Waals surface area (Å²) >= 11 is -2.63. The second kappa shape index (κ2) is 2.95. The number of aromatic nitrogens is 2. The molecule has 0 bridgehead atoms. The Labute approximate surface area is 66.6 Å². The molecule has 3 nitrogen and oxygen atoms in total. The van der Waals surface area contributed by atoms with Gasteiger partial charge in [-0.2, -0.15) is 9.36 Å². The second-order valence-electron chi connectivity index (χ2n) is 1.37. The van der Waals surface area contributed by atoms with Crippen molar-refractivity contribution >= 4 is 22.7 Å². The first-order valence-corrected chi connectivity index (χ1v) is 4.12. The summed E-state index contributed by atoms with van der Waals surface area (Å²) < 4.78 is 47.9. The average molecular weight is 201 g/mol. The molecule has 0 amide bonds. The predicted molar refractivity (Wildman–Crippen MR) is 31.2 cm³/mol. The van der Waals surface area contributed by atoms with E-state index in [0.717, 1.165) is 0 Å². The van der Waals surface area contributed by atoms with Gasteiger partial charge in [0.2, 0.25) is 6.33 Å². The molecular weight excluding hydrogens is 201 g/mol. The molecule has 0 fully saturated rings.